The van der Waals surface area contributed by atoms with Gasteiger partial charge in [-0.05, 0) is 82.9 Å². The van der Waals surface area contributed by atoms with E-state index in [0.717, 1.165) is 12.8 Å². The van der Waals surface area contributed by atoms with Crippen LogP contribution in [0.25, 0.3) is 21.8 Å². The number of unbranched alkanes of at least 4 members (excludes halogenated alkanes) is 2. The van der Waals surface area contributed by atoms with Gasteiger partial charge >= 0.3 is 5.97 Å². The quantitative estimate of drug-likeness (QED) is 0.154. The van der Waals surface area contributed by atoms with Gasteiger partial charge in [0.25, 0.3) is 0 Å². The van der Waals surface area contributed by atoms with Crippen LogP contribution in [-0.2, 0) is 11.2 Å². The monoisotopic (exact) mass is 567 g/mol. The third-order valence-corrected chi connectivity index (χ3v) is 10.5. The highest BCUT2D eigenvalue weighted by atomic mass is 16.5. The summed E-state index contributed by atoms with van der Waals surface area (Å²) in [5.74, 6) is 0.561. The standard InChI is InChI=1S/C39H53NO2/c1-9-12-22-38(5,6)27(4)31-19-21-33-32-20-14-28(25-35(32)40-36(33)26-31)24-34(39(7,11-3)23-13-10-2)29-15-17-30(18-16-29)37(41)42-8/h14-21,25-27,34,40H,9-13,22-24H2,1-8H3. The fourth-order valence-corrected chi connectivity index (χ4v) is 6.82. The summed E-state index contributed by atoms with van der Waals surface area (Å²) in [5.41, 5.74) is 7.54. The number of nitrogens with one attached hydrogen (secondary N) is 1. The first-order chi connectivity index (χ1) is 20.1. The lowest BCUT2D eigenvalue weighted by Gasteiger charge is -2.38. The number of hydrogen-bond acceptors (Lipinski definition) is 2. The van der Waals surface area contributed by atoms with Gasteiger partial charge in [0.2, 0.25) is 0 Å². The zero-order chi connectivity index (χ0) is 30.5. The predicted molar refractivity (Wildman–Crippen MR) is 180 cm³/mol. The van der Waals surface area contributed by atoms with Gasteiger partial charge in [0.05, 0.1) is 12.7 Å². The molecule has 0 spiro atoms. The number of ether oxygens (including phenoxy) is 1. The molecule has 3 aromatic carbocycles. The van der Waals surface area contributed by atoms with Crippen LogP contribution in [0.2, 0.25) is 0 Å². The van der Waals surface area contributed by atoms with Crippen molar-refractivity contribution in [2.75, 3.05) is 7.11 Å². The van der Waals surface area contributed by atoms with Gasteiger partial charge in [0, 0.05) is 21.8 Å². The summed E-state index contributed by atoms with van der Waals surface area (Å²) in [6.07, 6.45) is 9.45. The third kappa shape index (κ3) is 6.77. The second-order valence-corrected chi connectivity index (χ2v) is 13.6. The predicted octanol–water partition coefficient (Wildman–Crippen LogP) is 11.4. The Bertz CT molecular complexity index is 1480. The molecule has 0 aliphatic heterocycles. The SMILES string of the molecule is CCCCC(C)(C)C(C)c1ccc2c(c1)[nH]c1cc(CC(c3ccc(C(=O)OC)cc3)C(C)(CC)CCCC)ccc12. The summed E-state index contributed by atoms with van der Waals surface area (Å²) in [6.45, 7) is 16.6. The summed E-state index contributed by atoms with van der Waals surface area (Å²) < 4.78 is 4.95. The molecule has 0 saturated carbocycles. The van der Waals surface area contributed by atoms with Crippen molar-refractivity contribution in [3.63, 3.8) is 0 Å². The second-order valence-electron chi connectivity index (χ2n) is 13.6. The van der Waals surface area contributed by atoms with E-state index in [4.69, 9.17) is 4.74 Å². The van der Waals surface area contributed by atoms with Crippen LogP contribution in [0.4, 0.5) is 0 Å². The molecule has 4 aromatic rings. The van der Waals surface area contributed by atoms with Crippen LogP contribution < -0.4 is 0 Å². The number of hydrogen-bond donors (Lipinski definition) is 1. The van der Waals surface area contributed by atoms with Gasteiger partial charge in [-0.15, -0.1) is 0 Å². The molecule has 0 saturated heterocycles. The lowest BCUT2D eigenvalue weighted by molar-refractivity contribution is 0.0600. The zero-order valence-electron chi connectivity index (χ0n) is 27.4. The third-order valence-electron chi connectivity index (χ3n) is 10.5. The molecule has 0 fully saturated rings. The number of carbonyl (C=O) groups excluding carboxylic acids is 1. The van der Waals surface area contributed by atoms with E-state index in [2.05, 4.69) is 102 Å². The van der Waals surface area contributed by atoms with Crippen LogP contribution in [0.3, 0.4) is 0 Å². The molecule has 0 bridgehead atoms. The van der Waals surface area contributed by atoms with Gasteiger partial charge in [-0.25, -0.2) is 4.79 Å². The van der Waals surface area contributed by atoms with Crippen LogP contribution in [0.1, 0.15) is 132 Å². The Morgan fingerprint density at radius 3 is 2.02 bits per heavy atom. The molecule has 0 radical (unpaired) electrons. The molecule has 3 unspecified atom stereocenters. The molecule has 1 heterocycles. The van der Waals surface area contributed by atoms with Crippen molar-refractivity contribution in [3.05, 3.63) is 82.9 Å². The highest BCUT2D eigenvalue weighted by Gasteiger charge is 2.33. The van der Waals surface area contributed by atoms with Crippen molar-refractivity contribution in [3.8, 4) is 0 Å². The van der Waals surface area contributed by atoms with E-state index < -0.39 is 0 Å². The minimum atomic E-state index is -0.284. The Morgan fingerprint density at radius 2 is 1.40 bits per heavy atom. The number of H-pyrrole nitrogens is 1. The lowest BCUT2D eigenvalue weighted by Crippen LogP contribution is -2.27. The summed E-state index contributed by atoms with van der Waals surface area (Å²) >= 11 is 0. The van der Waals surface area contributed by atoms with E-state index in [9.17, 15) is 4.79 Å². The number of rotatable bonds is 14. The van der Waals surface area contributed by atoms with E-state index in [0.29, 0.717) is 17.4 Å². The highest BCUT2D eigenvalue weighted by molar-refractivity contribution is 6.07. The number of methoxy groups -OCH3 is 1. The number of esters is 1. The van der Waals surface area contributed by atoms with Crippen molar-refractivity contribution in [2.24, 2.45) is 10.8 Å². The van der Waals surface area contributed by atoms with Gasteiger partial charge in [-0.2, -0.15) is 0 Å². The minimum absolute atomic E-state index is 0.161. The molecule has 4 rings (SSSR count). The van der Waals surface area contributed by atoms with Gasteiger partial charge in [0.1, 0.15) is 0 Å². The van der Waals surface area contributed by atoms with Gasteiger partial charge < -0.3 is 9.72 Å². The van der Waals surface area contributed by atoms with Gasteiger partial charge in [-0.3, -0.25) is 0 Å². The molecule has 1 N–H and O–H groups in total. The van der Waals surface area contributed by atoms with E-state index in [1.165, 1.54) is 84.1 Å². The van der Waals surface area contributed by atoms with Crippen molar-refractivity contribution < 1.29 is 9.53 Å². The molecule has 0 aliphatic carbocycles. The van der Waals surface area contributed by atoms with Crippen molar-refractivity contribution >= 4 is 27.8 Å². The van der Waals surface area contributed by atoms with Gasteiger partial charge in [-0.1, -0.05) is 117 Å². The average Bonchev–Trinajstić information content (AvgIpc) is 3.37. The zero-order valence-corrected chi connectivity index (χ0v) is 27.4. The van der Waals surface area contributed by atoms with Crippen LogP contribution in [0.5, 0.6) is 0 Å². The maximum atomic E-state index is 12.1. The summed E-state index contributed by atoms with van der Waals surface area (Å²) in [5, 5.41) is 2.59. The largest absolute Gasteiger partial charge is 0.465 e. The summed E-state index contributed by atoms with van der Waals surface area (Å²) in [7, 11) is 1.44. The molecule has 3 nitrogen and oxygen atoms in total. The van der Waals surface area contributed by atoms with Crippen LogP contribution >= 0.6 is 0 Å². The Hall–Kier alpha value is -3.07. The fraction of sp³-hybridized carbons (Fsp3) is 0.513. The van der Waals surface area contributed by atoms with E-state index in [1.807, 2.05) is 12.1 Å². The van der Waals surface area contributed by atoms with Crippen LogP contribution in [-0.4, -0.2) is 18.1 Å². The Balaban J connectivity index is 1.68. The second kappa shape index (κ2) is 13.5. The van der Waals surface area contributed by atoms with Crippen LogP contribution in [0.15, 0.2) is 60.7 Å². The number of aromatic nitrogens is 1. The summed E-state index contributed by atoms with van der Waals surface area (Å²) in [6, 6.07) is 22.2. The van der Waals surface area contributed by atoms with Crippen molar-refractivity contribution in [1.82, 2.24) is 4.98 Å². The number of fused-ring (bicyclic) bond motifs is 3. The Labute approximate surface area is 254 Å². The lowest BCUT2D eigenvalue weighted by atomic mass is 9.66. The number of benzene rings is 3. The normalized spacial score (nSPS) is 15.0. The first-order valence-electron chi connectivity index (χ1n) is 16.3. The maximum absolute atomic E-state index is 12.1. The number of carbonyl (C=O) groups is 1. The average molecular weight is 568 g/mol. The van der Waals surface area contributed by atoms with E-state index in [-0.39, 0.29) is 16.8 Å². The molecule has 0 aliphatic rings. The molecular weight excluding hydrogens is 514 g/mol. The summed E-state index contributed by atoms with van der Waals surface area (Å²) in [4.78, 5) is 15.9. The Morgan fingerprint density at radius 1 is 0.810 bits per heavy atom. The molecule has 1 aromatic heterocycles. The molecule has 3 atom stereocenters. The topological polar surface area (TPSA) is 42.1 Å². The first-order valence-corrected chi connectivity index (χ1v) is 16.3. The van der Waals surface area contributed by atoms with Gasteiger partial charge in [0.15, 0.2) is 0 Å². The molecule has 42 heavy (non-hydrogen) atoms. The fourth-order valence-electron chi connectivity index (χ4n) is 6.82. The molecular formula is C39H53NO2. The Kier molecular flexibility index (Phi) is 10.2. The number of aromatic amines is 1. The first kappa shape index (κ1) is 31.9. The maximum Gasteiger partial charge on any atom is 0.337 e. The minimum Gasteiger partial charge on any atom is -0.465 e. The molecule has 226 valence electrons. The van der Waals surface area contributed by atoms with E-state index in [1.54, 1.807) is 0 Å². The van der Waals surface area contributed by atoms with Crippen molar-refractivity contribution in [2.45, 2.75) is 112 Å². The smallest absolute Gasteiger partial charge is 0.337 e. The molecule has 0 amide bonds. The van der Waals surface area contributed by atoms with Crippen LogP contribution in [0, 0.1) is 10.8 Å². The van der Waals surface area contributed by atoms with Crippen molar-refractivity contribution in [1.29, 1.82) is 0 Å². The van der Waals surface area contributed by atoms with E-state index >= 15 is 0 Å². The molecule has 3 heteroatoms. The highest BCUT2D eigenvalue weighted by Crippen LogP contribution is 2.45.